The van der Waals surface area contributed by atoms with Crippen molar-refractivity contribution in [3.05, 3.63) is 17.3 Å². The van der Waals surface area contributed by atoms with E-state index in [2.05, 4.69) is 20.9 Å². The Morgan fingerprint density at radius 1 is 1.53 bits per heavy atom. The second kappa shape index (κ2) is 3.76. The van der Waals surface area contributed by atoms with E-state index in [1.165, 1.54) is 0 Å². The van der Waals surface area contributed by atoms with Crippen LogP contribution in [0.4, 0.5) is 11.5 Å². The standard InChI is InChI=1S/C10H14N4O/c1-3-6-4-7-8(9(11-2)14-6)10(15)13-5-12-7/h4,12H,3,5H2,1-2H3,(H,11,14)(H,13,15). The molecule has 5 heteroatoms. The zero-order valence-corrected chi connectivity index (χ0v) is 8.85. The third-order valence-electron chi connectivity index (χ3n) is 2.43. The van der Waals surface area contributed by atoms with Gasteiger partial charge in [-0.15, -0.1) is 0 Å². The van der Waals surface area contributed by atoms with Crippen LogP contribution < -0.4 is 16.0 Å². The number of carbonyl (C=O) groups is 1. The number of aryl methyl sites for hydroxylation is 1. The van der Waals surface area contributed by atoms with Crippen molar-refractivity contribution >= 4 is 17.4 Å². The number of nitrogens with zero attached hydrogens (tertiary/aromatic N) is 1. The molecule has 0 unspecified atom stereocenters. The smallest absolute Gasteiger partial charge is 0.258 e. The van der Waals surface area contributed by atoms with Crippen LogP contribution in [-0.2, 0) is 6.42 Å². The lowest BCUT2D eigenvalue weighted by atomic mass is 10.1. The first-order valence-electron chi connectivity index (χ1n) is 5.00. The van der Waals surface area contributed by atoms with E-state index >= 15 is 0 Å². The molecule has 2 rings (SSSR count). The zero-order chi connectivity index (χ0) is 10.8. The molecule has 0 fully saturated rings. The van der Waals surface area contributed by atoms with E-state index in [0.717, 1.165) is 17.8 Å². The molecule has 1 aromatic heterocycles. The summed E-state index contributed by atoms with van der Waals surface area (Å²) in [6.07, 6.45) is 0.852. The van der Waals surface area contributed by atoms with Crippen LogP contribution in [0.2, 0.25) is 0 Å². The Labute approximate surface area is 88.3 Å². The van der Waals surface area contributed by atoms with Crippen LogP contribution >= 0.6 is 0 Å². The van der Waals surface area contributed by atoms with Gasteiger partial charge >= 0.3 is 0 Å². The summed E-state index contributed by atoms with van der Waals surface area (Å²) in [7, 11) is 1.77. The molecule has 1 aromatic rings. The summed E-state index contributed by atoms with van der Waals surface area (Å²) in [5.41, 5.74) is 2.43. The predicted octanol–water partition coefficient (Wildman–Crippen LogP) is 0.799. The van der Waals surface area contributed by atoms with Crippen LogP contribution in [0.15, 0.2) is 6.07 Å². The highest BCUT2D eigenvalue weighted by Crippen LogP contribution is 2.25. The normalized spacial score (nSPS) is 13.9. The lowest BCUT2D eigenvalue weighted by Crippen LogP contribution is -2.35. The van der Waals surface area contributed by atoms with E-state index in [0.29, 0.717) is 18.1 Å². The van der Waals surface area contributed by atoms with Gasteiger partial charge in [-0.3, -0.25) is 4.79 Å². The van der Waals surface area contributed by atoms with Gasteiger partial charge in [0, 0.05) is 12.7 Å². The summed E-state index contributed by atoms with van der Waals surface area (Å²) in [5, 5.41) is 8.80. The minimum Gasteiger partial charge on any atom is -0.372 e. The average Bonchev–Trinajstić information content (AvgIpc) is 2.27. The highest BCUT2D eigenvalue weighted by Gasteiger charge is 2.21. The minimum atomic E-state index is -0.0803. The van der Waals surface area contributed by atoms with Crippen LogP contribution in [0.5, 0.6) is 0 Å². The van der Waals surface area contributed by atoms with Crippen molar-refractivity contribution in [3.8, 4) is 0 Å². The number of amides is 1. The molecule has 15 heavy (non-hydrogen) atoms. The van der Waals surface area contributed by atoms with Gasteiger partial charge in [-0.1, -0.05) is 6.92 Å². The van der Waals surface area contributed by atoms with Gasteiger partial charge in [0.05, 0.1) is 12.4 Å². The highest BCUT2D eigenvalue weighted by molar-refractivity contribution is 6.05. The first kappa shape index (κ1) is 9.76. The Kier molecular flexibility index (Phi) is 2.45. The lowest BCUT2D eigenvalue weighted by Gasteiger charge is -2.21. The molecule has 0 atom stereocenters. The van der Waals surface area contributed by atoms with Gasteiger partial charge in [-0.05, 0) is 12.5 Å². The topological polar surface area (TPSA) is 66.0 Å². The molecule has 1 aliphatic rings. The van der Waals surface area contributed by atoms with E-state index in [4.69, 9.17) is 0 Å². The second-order valence-corrected chi connectivity index (χ2v) is 3.35. The fourth-order valence-electron chi connectivity index (χ4n) is 1.64. The van der Waals surface area contributed by atoms with Crippen LogP contribution in [0.25, 0.3) is 0 Å². The van der Waals surface area contributed by atoms with Crippen molar-refractivity contribution in [2.75, 3.05) is 24.3 Å². The van der Waals surface area contributed by atoms with Gasteiger partial charge in [-0.25, -0.2) is 4.98 Å². The Morgan fingerprint density at radius 3 is 3.00 bits per heavy atom. The van der Waals surface area contributed by atoms with E-state index in [1.54, 1.807) is 7.05 Å². The number of hydrogen-bond acceptors (Lipinski definition) is 4. The SMILES string of the molecule is CCc1cc2c(c(NC)n1)C(=O)NCN2. The molecule has 5 nitrogen and oxygen atoms in total. The summed E-state index contributed by atoms with van der Waals surface area (Å²) in [5.74, 6) is 0.553. The number of hydrogen-bond donors (Lipinski definition) is 3. The molecule has 0 saturated heterocycles. The molecule has 0 saturated carbocycles. The van der Waals surface area contributed by atoms with Crippen LogP contribution in [-0.4, -0.2) is 24.6 Å². The Balaban J connectivity index is 2.57. The monoisotopic (exact) mass is 206 g/mol. The fourth-order valence-corrected chi connectivity index (χ4v) is 1.64. The molecular formula is C10H14N4O. The van der Waals surface area contributed by atoms with Crippen molar-refractivity contribution in [1.82, 2.24) is 10.3 Å². The summed E-state index contributed by atoms with van der Waals surface area (Å²) >= 11 is 0. The Morgan fingerprint density at radius 2 is 2.33 bits per heavy atom. The van der Waals surface area contributed by atoms with E-state index in [9.17, 15) is 4.79 Å². The van der Waals surface area contributed by atoms with E-state index < -0.39 is 0 Å². The number of fused-ring (bicyclic) bond motifs is 1. The summed E-state index contributed by atoms with van der Waals surface area (Å²) in [6, 6.07) is 1.93. The Bertz CT molecular complexity index is 385. The number of anilines is 2. The predicted molar refractivity (Wildman–Crippen MR) is 59.1 cm³/mol. The van der Waals surface area contributed by atoms with Crippen molar-refractivity contribution in [3.63, 3.8) is 0 Å². The molecule has 0 radical (unpaired) electrons. The van der Waals surface area contributed by atoms with Crippen LogP contribution in [0, 0.1) is 0 Å². The number of nitrogens with one attached hydrogen (secondary N) is 3. The maximum absolute atomic E-state index is 11.6. The van der Waals surface area contributed by atoms with Gasteiger partial charge in [0.15, 0.2) is 0 Å². The summed E-state index contributed by atoms with van der Waals surface area (Å²) in [6.45, 7) is 2.51. The fraction of sp³-hybridized carbons (Fsp3) is 0.400. The third kappa shape index (κ3) is 1.60. The maximum Gasteiger partial charge on any atom is 0.258 e. The quantitative estimate of drug-likeness (QED) is 0.669. The highest BCUT2D eigenvalue weighted by atomic mass is 16.1. The van der Waals surface area contributed by atoms with Gasteiger partial charge in [0.1, 0.15) is 11.4 Å². The molecule has 0 aliphatic carbocycles. The second-order valence-electron chi connectivity index (χ2n) is 3.35. The van der Waals surface area contributed by atoms with E-state index in [1.807, 2.05) is 13.0 Å². The average molecular weight is 206 g/mol. The molecule has 3 N–H and O–H groups in total. The maximum atomic E-state index is 11.6. The molecule has 2 heterocycles. The molecule has 0 aromatic carbocycles. The molecule has 0 bridgehead atoms. The lowest BCUT2D eigenvalue weighted by molar-refractivity contribution is 0.0953. The number of carbonyl (C=O) groups excluding carboxylic acids is 1. The van der Waals surface area contributed by atoms with Crippen molar-refractivity contribution in [2.24, 2.45) is 0 Å². The minimum absolute atomic E-state index is 0.0803. The van der Waals surface area contributed by atoms with Crippen molar-refractivity contribution in [2.45, 2.75) is 13.3 Å². The molecule has 80 valence electrons. The number of aromatic nitrogens is 1. The largest absolute Gasteiger partial charge is 0.372 e. The van der Waals surface area contributed by atoms with Gasteiger partial charge < -0.3 is 16.0 Å². The number of pyridine rings is 1. The summed E-state index contributed by atoms with van der Waals surface area (Å²) in [4.78, 5) is 16.0. The van der Waals surface area contributed by atoms with Crippen molar-refractivity contribution < 1.29 is 4.79 Å². The first-order chi connectivity index (χ1) is 7.26. The van der Waals surface area contributed by atoms with Crippen LogP contribution in [0.1, 0.15) is 23.0 Å². The van der Waals surface area contributed by atoms with Gasteiger partial charge in [-0.2, -0.15) is 0 Å². The molecular weight excluding hydrogens is 192 g/mol. The third-order valence-corrected chi connectivity index (χ3v) is 2.43. The summed E-state index contributed by atoms with van der Waals surface area (Å²) < 4.78 is 0. The van der Waals surface area contributed by atoms with Crippen molar-refractivity contribution in [1.29, 1.82) is 0 Å². The Hall–Kier alpha value is -1.78. The zero-order valence-electron chi connectivity index (χ0n) is 8.85. The first-order valence-corrected chi connectivity index (χ1v) is 5.00. The molecule has 0 spiro atoms. The van der Waals surface area contributed by atoms with E-state index in [-0.39, 0.29) is 5.91 Å². The number of rotatable bonds is 2. The molecule has 1 aliphatic heterocycles. The molecule has 1 amide bonds. The van der Waals surface area contributed by atoms with Gasteiger partial charge in [0.2, 0.25) is 0 Å². The van der Waals surface area contributed by atoms with Crippen LogP contribution in [0.3, 0.4) is 0 Å². The van der Waals surface area contributed by atoms with Gasteiger partial charge in [0.25, 0.3) is 5.91 Å².